The Kier molecular flexibility index (Phi) is 8.52. The number of hydrogen-bond acceptors (Lipinski definition) is 5. The summed E-state index contributed by atoms with van der Waals surface area (Å²) in [6.45, 7) is 10.9. The summed E-state index contributed by atoms with van der Waals surface area (Å²) >= 11 is 0. The molecule has 7 nitrogen and oxygen atoms in total. The van der Waals surface area contributed by atoms with Crippen LogP contribution in [0.5, 0.6) is 0 Å². The molecule has 38 heavy (non-hydrogen) atoms. The Labute approximate surface area is 224 Å². The molecule has 7 heteroatoms. The normalized spacial score (nSPS) is 22.2. The Morgan fingerprint density at radius 3 is 2.03 bits per heavy atom. The van der Waals surface area contributed by atoms with Crippen LogP contribution in [0.2, 0.25) is 0 Å². The highest BCUT2D eigenvalue weighted by Crippen LogP contribution is 2.45. The second kappa shape index (κ2) is 11.1. The average Bonchev–Trinajstić information content (AvgIpc) is 3.12. The minimum absolute atomic E-state index is 0.0539. The van der Waals surface area contributed by atoms with Crippen LogP contribution in [-0.2, 0) is 25.5 Å². The number of hydrogen-bond donors (Lipinski definition) is 3. The van der Waals surface area contributed by atoms with E-state index in [4.69, 9.17) is 4.74 Å². The molecular weight excluding hydrogens is 482 g/mol. The van der Waals surface area contributed by atoms with Crippen molar-refractivity contribution in [2.75, 3.05) is 0 Å². The SMILES string of the molecule is CC(C)(C)N[C@]1(C(=CC(=O)O)C(=O)O)C[C@@H](Cc2ccc(-c3ccccc3)cc2)C[C@H]1OC(=O)C(C)(C)C. The molecule has 0 aliphatic heterocycles. The second-order valence-electron chi connectivity index (χ2n) is 12.3. The van der Waals surface area contributed by atoms with E-state index in [1.54, 1.807) is 20.8 Å². The minimum atomic E-state index is -1.38. The third-order valence-corrected chi connectivity index (χ3v) is 6.73. The van der Waals surface area contributed by atoms with Gasteiger partial charge in [0.15, 0.2) is 0 Å². The number of ether oxygens (including phenoxy) is 1. The van der Waals surface area contributed by atoms with E-state index in [9.17, 15) is 24.6 Å². The highest BCUT2D eigenvalue weighted by Gasteiger charge is 2.55. The van der Waals surface area contributed by atoms with Crippen LogP contribution in [0, 0.1) is 11.3 Å². The summed E-state index contributed by atoms with van der Waals surface area (Å²) in [5.41, 5.74) is 0.198. The van der Waals surface area contributed by atoms with E-state index in [1.165, 1.54) is 0 Å². The fourth-order valence-electron chi connectivity index (χ4n) is 5.24. The average molecular weight is 522 g/mol. The van der Waals surface area contributed by atoms with Crippen LogP contribution >= 0.6 is 0 Å². The Morgan fingerprint density at radius 1 is 0.947 bits per heavy atom. The first-order chi connectivity index (χ1) is 17.6. The number of benzene rings is 2. The molecule has 0 radical (unpaired) electrons. The van der Waals surface area contributed by atoms with E-state index in [2.05, 4.69) is 41.7 Å². The van der Waals surface area contributed by atoms with Crippen LogP contribution in [-0.4, -0.2) is 45.3 Å². The number of nitrogens with one attached hydrogen (secondary N) is 1. The Morgan fingerprint density at radius 2 is 1.53 bits per heavy atom. The van der Waals surface area contributed by atoms with Gasteiger partial charge in [-0.05, 0) is 83.4 Å². The highest BCUT2D eigenvalue weighted by atomic mass is 16.5. The molecule has 2 aromatic rings. The van der Waals surface area contributed by atoms with E-state index in [0.29, 0.717) is 19.3 Å². The first-order valence-electron chi connectivity index (χ1n) is 12.9. The smallest absolute Gasteiger partial charge is 0.333 e. The van der Waals surface area contributed by atoms with Crippen LogP contribution in [0.4, 0.5) is 0 Å². The van der Waals surface area contributed by atoms with Gasteiger partial charge >= 0.3 is 17.9 Å². The zero-order valence-corrected chi connectivity index (χ0v) is 23.1. The van der Waals surface area contributed by atoms with Gasteiger partial charge in [0.05, 0.1) is 16.5 Å². The fraction of sp³-hybridized carbons (Fsp3) is 0.452. The van der Waals surface area contributed by atoms with Gasteiger partial charge in [-0.25, -0.2) is 9.59 Å². The zero-order chi connectivity index (χ0) is 28.3. The maximum atomic E-state index is 13.0. The van der Waals surface area contributed by atoms with Gasteiger partial charge in [0.25, 0.3) is 0 Å². The van der Waals surface area contributed by atoms with Crippen LogP contribution < -0.4 is 5.32 Å². The lowest BCUT2D eigenvalue weighted by atomic mass is 9.81. The molecule has 0 heterocycles. The molecule has 204 valence electrons. The standard InChI is InChI=1S/C31H39NO6/c1-29(2,3)28(37)38-25-17-21(16-20-12-14-23(15-13-20)22-10-8-7-9-11-22)19-31(25,32-30(4,5)6)24(27(35)36)18-26(33)34/h7-15,18,21,25,32H,16-17,19H2,1-6H3,(H,33,34)(H,35,36)/t21-,25+,31-/m0/s1. The molecule has 3 atom stereocenters. The van der Waals surface area contributed by atoms with Gasteiger partial charge in [-0.3, -0.25) is 10.1 Å². The molecule has 0 unspecified atom stereocenters. The maximum Gasteiger partial charge on any atom is 0.333 e. The largest absolute Gasteiger partial charge is 0.478 e. The van der Waals surface area contributed by atoms with Crippen LogP contribution in [0.25, 0.3) is 11.1 Å². The Bertz CT molecular complexity index is 1190. The van der Waals surface area contributed by atoms with Crippen LogP contribution in [0.3, 0.4) is 0 Å². The van der Waals surface area contributed by atoms with E-state index in [0.717, 1.165) is 22.8 Å². The summed E-state index contributed by atoms with van der Waals surface area (Å²) in [5, 5.41) is 23.1. The fourth-order valence-corrected chi connectivity index (χ4v) is 5.24. The lowest BCUT2D eigenvalue weighted by Gasteiger charge is -2.42. The summed E-state index contributed by atoms with van der Waals surface area (Å²) in [4.78, 5) is 37.2. The van der Waals surface area contributed by atoms with Crippen molar-refractivity contribution in [3.8, 4) is 11.1 Å². The molecule has 1 aliphatic carbocycles. The second-order valence-corrected chi connectivity index (χ2v) is 12.3. The molecule has 1 fully saturated rings. The van der Waals surface area contributed by atoms with Crippen molar-refractivity contribution in [1.82, 2.24) is 5.32 Å². The van der Waals surface area contributed by atoms with E-state index >= 15 is 0 Å². The Balaban J connectivity index is 2.00. The third kappa shape index (κ3) is 7.10. The molecule has 0 amide bonds. The molecule has 0 bridgehead atoms. The predicted molar refractivity (Wildman–Crippen MR) is 147 cm³/mol. The van der Waals surface area contributed by atoms with Crippen molar-refractivity contribution >= 4 is 17.9 Å². The van der Waals surface area contributed by atoms with E-state index in [-0.39, 0.29) is 11.5 Å². The van der Waals surface area contributed by atoms with Crippen LogP contribution in [0.1, 0.15) is 59.9 Å². The number of rotatable bonds is 8. The molecule has 0 saturated heterocycles. The Hall–Kier alpha value is -3.45. The third-order valence-electron chi connectivity index (χ3n) is 6.73. The highest BCUT2D eigenvalue weighted by molar-refractivity contribution is 5.97. The monoisotopic (exact) mass is 521 g/mol. The minimum Gasteiger partial charge on any atom is -0.478 e. The first-order valence-corrected chi connectivity index (χ1v) is 12.9. The van der Waals surface area contributed by atoms with E-state index in [1.807, 2.05) is 39.0 Å². The topological polar surface area (TPSA) is 113 Å². The molecule has 2 aromatic carbocycles. The van der Waals surface area contributed by atoms with Crippen molar-refractivity contribution in [3.63, 3.8) is 0 Å². The lowest BCUT2D eigenvalue weighted by Crippen LogP contribution is -2.62. The summed E-state index contributed by atoms with van der Waals surface area (Å²) in [6, 6.07) is 18.3. The van der Waals surface area contributed by atoms with E-state index < -0.39 is 40.5 Å². The van der Waals surface area contributed by atoms with Crippen molar-refractivity contribution < 1.29 is 29.3 Å². The molecule has 3 rings (SSSR count). The predicted octanol–water partition coefficient (Wildman–Crippen LogP) is 5.49. The number of aliphatic carboxylic acids is 2. The number of esters is 1. The summed E-state index contributed by atoms with van der Waals surface area (Å²) < 4.78 is 6.00. The molecule has 1 saturated carbocycles. The zero-order valence-electron chi connectivity index (χ0n) is 23.1. The molecule has 1 aliphatic rings. The first kappa shape index (κ1) is 29.1. The summed E-state index contributed by atoms with van der Waals surface area (Å²) in [6.07, 6.45) is 1.21. The van der Waals surface area contributed by atoms with Gasteiger partial charge in [0.1, 0.15) is 6.10 Å². The molecule has 3 N–H and O–H groups in total. The van der Waals surface area contributed by atoms with Gasteiger partial charge in [-0.15, -0.1) is 0 Å². The van der Waals surface area contributed by atoms with Crippen molar-refractivity contribution in [2.24, 2.45) is 11.3 Å². The van der Waals surface area contributed by atoms with Crippen molar-refractivity contribution in [2.45, 2.75) is 78.0 Å². The molecule has 0 spiro atoms. The van der Waals surface area contributed by atoms with Gasteiger partial charge in [0.2, 0.25) is 0 Å². The van der Waals surface area contributed by atoms with Gasteiger partial charge < -0.3 is 14.9 Å². The maximum absolute atomic E-state index is 13.0. The number of carboxylic acids is 2. The van der Waals surface area contributed by atoms with Crippen LogP contribution in [0.15, 0.2) is 66.2 Å². The lowest BCUT2D eigenvalue weighted by molar-refractivity contribution is -0.162. The summed E-state index contributed by atoms with van der Waals surface area (Å²) in [7, 11) is 0. The number of carboxylic acid groups (broad SMARTS) is 2. The number of carbonyl (C=O) groups excluding carboxylic acids is 1. The quantitative estimate of drug-likeness (QED) is 0.311. The van der Waals surface area contributed by atoms with Gasteiger partial charge in [-0.2, -0.15) is 0 Å². The van der Waals surface area contributed by atoms with Crippen molar-refractivity contribution in [3.05, 3.63) is 71.8 Å². The summed E-state index contributed by atoms with van der Waals surface area (Å²) in [5.74, 6) is -3.23. The van der Waals surface area contributed by atoms with Gasteiger partial charge in [0, 0.05) is 11.6 Å². The molecular formula is C31H39NO6. The van der Waals surface area contributed by atoms with Crippen molar-refractivity contribution in [1.29, 1.82) is 0 Å². The number of carbonyl (C=O) groups is 3. The van der Waals surface area contributed by atoms with Gasteiger partial charge in [-0.1, -0.05) is 54.6 Å². The molecule has 0 aromatic heterocycles.